The molecule has 0 bridgehead atoms. The fourth-order valence-corrected chi connectivity index (χ4v) is 3.00. The van der Waals surface area contributed by atoms with Crippen LogP contribution in [0.15, 0.2) is 72.8 Å². The summed E-state index contributed by atoms with van der Waals surface area (Å²) in [5, 5.41) is 8.77. The van der Waals surface area contributed by atoms with E-state index in [9.17, 15) is 9.59 Å². The second-order valence-electron chi connectivity index (χ2n) is 6.63. The van der Waals surface area contributed by atoms with Gasteiger partial charge < -0.3 is 10.6 Å². The lowest BCUT2D eigenvalue weighted by Gasteiger charge is -2.13. The fourth-order valence-electron chi connectivity index (χ4n) is 2.79. The predicted molar refractivity (Wildman–Crippen MR) is 120 cm³/mol. The number of carbonyl (C=O) groups is 2. The van der Waals surface area contributed by atoms with Crippen molar-refractivity contribution >= 4 is 40.5 Å². The molecule has 0 unspecified atom stereocenters. The summed E-state index contributed by atoms with van der Waals surface area (Å²) in [5.41, 5.74) is 4.43. The Morgan fingerprint density at radius 2 is 1.48 bits per heavy atom. The Bertz CT molecular complexity index is 1060. The van der Waals surface area contributed by atoms with Gasteiger partial charge in [-0.1, -0.05) is 35.9 Å². The second kappa shape index (κ2) is 9.12. The van der Waals surface area contributed by atoms with Crippen LogP contribution in [0.1, 0.15) is 31.8 Å². The average Bonchev–Trinajstić information content (AvgIpc) is 2.70. The predicted octanol–water partition coefficient (Wildman–Crippen LogP) is 4.68. The first-order chi connectivity index (χ1) is 13.9. The van der Waals surface area contributed by atoms with Gasteiger partial charge in [0.15, 0.2) is 5.11 Å². The molecule has 0 saturated carbocycles. The Balaban J connectivity index is 1.62. The molecule has 29 heavy (non-hydrogen) atoms. The van der Waals surface area contributed by atoms with Gasteiger partial charge in [0.05, 0.1) is 0 Å². The van der Waals surface area contributed by atoms with E-state index in [1.165, 1.54) is 0 Å². The molecule has 3 N–H and O–H groups in total. The van der Waals surface area contributed by atoms with Crippen LogP contribution in [-0.2, 0) is 0 Å². The molecule has 0 aromatic heterocycles. The van der Waals surface area contributed by atoms with Gasteiger partial charge in [0.2, 0.25) is 0 Å². The number of hydrogen-bond acceptors (Lipinski definition) is 3. The molecular formula is C23H21N3O2S. The molecule has 0 radical (unpaired) electrons. The molecule has 5 nitrogen and oxygen atoms in total. The zero-order valence-electron chi connectivity index (χ0n) is 16.2. The average molecular weight is 404 g/mol. The van der Waals surface area contributed by atoms with Crippen LogP contribution >= 0.6 is 12.2 Å². The topological polar surface area (TPSA) is 70.2 Å². The van der Waals surface area contributed by atoms with Crippen molar-refractivity contribution in [3.8, 4) is 0 Å². The summed E-state index contributed by atoms with van der Waals surface area (Å²) in [7, 11) is 0. The molecule has 0 spiro atoms. The summed E-state index contributed by atoms with van der Waals surface area (Å²) < 4.78 is 0. The van der Waals surface area contributed by atoms with E-state index in [0.717, 1.165) is 16.8 Å². The van der Waals surface area contributed by atoms with Crippen LogP contribution in [0.3, 0.4) is 0 Å². The van der Waals surface area contributed by atoms with Crippen molar-refractivity contribution in [1.29, 1.82) is 0 Å². The molecule has 2 amide bonds. The van der Waals surface area contributed by atoms with E-state index < -0.39 is 0 Å². The van der Waals surface area contributed by atoms with Crippen LogP contribution in [0.25, 0.3) is 0 Å². The zero-order chi connectivity index (χ0) is 20.8. The Morgan fingerprint density at radius 3 is 2.17 bits per heavy atom. The van der Waals surface area contributed by atoms with Crippen molar-refractivity contribution in [2.24, 2.45) is 0 Å². The third-order valence-electron chi connectivity index (χ3n) is 4.28. The van der Waals surface area contributed by atoms with Crippen molar-refractivity contribution in [2.45, 2.75) is 13.8 Å². The third kappa shape index (κ3) is 5.49. The van der Waals surface area contributed by atoms with Gasteiger partial charge in [-0.25, -0.2) is 0 Å². The minimum atomic E-state index is -0.269. The Labute approximate surface area is 175 Å². The number of hydrogen-bond donors (Lipinski definition) is 3. The van der Waals surface area contributed by atoms with Crippen LogP contribution in [-0.4, -0.2) is 16.9 Å². The highest BCUT2D eigenvalue weighted by Crippen LogP contribution is 2.20. The number of amides is 2. The number of anilines is 2. The summed E-state index contributed by atoms with van der Waals surface area (Å²) >= 11 is 5.24. The van der Waals surface area contributed by atoms with Gasteiger partial charge in [0.25, 0.3) is 11.8 Å². The van der Waals surface area contributed by atoms with Crippen molar-refractivity contribution in [1.82, 2.24) is 5.32 Å². The Kier molecular flexibility index (Phi) is 6.36. The van der Waals surface area contributed by atoms with Gasteiger partial charge in [0.1, 0.15) is 0 Å². The largest absolute Gasteiger partial charge is 0.332 e. The van der Waals surface area contributed by atoms with Crippen LogP contribution in [0.2, 0.25) is 0 Å². The first-order valence-corrected chi connectivity index (χ1v) is 9.49. The highest BCUT2D eigenvalue weighted by molar-refractivity contribution is 7.80. The van der Waals surface area contributed by atoms with E-state index in [-0.39, 0.29) is 16.9 Å². The van der Waals surface area contributed by atoms with Crippen molar-refractivity contribution < 1.29 is 9.59 Å². The Hall–Kier alpha value is -3.51. The smallest absolute Gasteiger partial charge is 0.257 e. The Morgan fingerprint density at radius 1 is 0.759 bits per heavy atom. The summed E-state index contributed by atoms with van der Waals surface area (Å²) in [6.45, 7) is 3.81. The summed E-state index contributed by atoms with van der Waals surface area (Å²) in [6, 6.07) is 21.7. The highest BCUT2D eigenvalue weighted by atomic mass is 32.1. The van der Waals surface area contributed by atoms with Gasteiger partial charge in [-0.2, -0.15) is 0 Å². The van der Waals surface area contributed by atoms with Crippen molar-refractivity contribution in [3.63, 3.8) is 0 Å². The molecule has 0 aliphatic heterocycles. The molecule has 0 fully saturated rings. The summed E-state index contributed by atoms with van der Waals surface area (Å²) in [6.07, 6.45) is 0. The van der Waals surface area contributed by atoms with E-state index in [1.807, 2.05) is 50.2 Å². The summed E-state index contributed by atoms with van der Waals surface area (Å²) in [4.78, 5) is 24.6. The highest BCUT2D eigenvalue weighted by Gasteiger charge is 2.10. The maximum Gasteiger partial charge on any atom is 0.257 e. The molecule has 3 rings (SSSR count). The molecule has 0 saturated heterocycles. The van der Waals surface area contributed by atoms with Gasteiger partial charge in [0, 0.05) is 22.5 Å². The molecule has 3 aromatic rings. The van der Waals surface area contributed by atoms with Crippen molar-refractivity contribution in [3.05, 3.63) is 95.1 Å². The lowest BCUT2D eigenvalue weighted by atomic mass is 10.1. The van der Waals surface area contributed by atoms with Gasteiger partial charge in [-0.05, 0) is 74.1 Å². The maximum absolute atomic E-state index is 12.3. The molecule has 6 heteroatoms. The van der Waals surface area contributed by atoms with Crippen molar-refractivity contribution in [2.75, 3.05) is 10.6 Å². The normalized spacial score (nSPS) is 10.1. The molecule has 146 valence electrons. The van der Waals surface area contributed by atoms with E-state index in [2.05, 4.69) is 16.0 Å². The number of nitrogens with one attached hydrogen (secondary N) is 3. The number of aryl methyl sites for hydroxylation is 2. The monoisotopic (exact) mass is 403 g/mol. The number of thiocarbonyl (C=S) groups is 1. The second-order valence-corrected chi connectivity index (χ2v) is 7.04. The molecule has 0 heterocycles. The van der Waals surface area contributed by atoms with Gasteiger partial charge >= 0.3 is 0 Å². The lowest BCUT2D eigenvalue weighted by molar-refractivity contribution is 0.0976. The maximum atomic E-state index is 12.3. The zero-order valence-corrected chi connectivity index (χ0v) is 17.0. The molecule has 0 atom stereocenters. The minimum absolute atomic E-state index is 0.171. The van der Waals surface area contributed by atoms with Crippen LogP contribution in [0.5, 0.6) is 0 Å². The first-order valence-electron chi connectivity index (χ1n) is 9.08. The molecule has 0 aliphatic rings. The van der Waals surface area contributed by atoms with Gasteiger partial charge in [-0.3, -0.25) is 14.9 Å². The molecular weight excluding hydrogens is 382 g/mol. The third-order valence-corrected chi connectivity index (χ3v) is 4.48. The quantitative estimate of drug-likeness (QED) is 0.553. The molecule has 3 aromatic carbocycles. The minimum Gasteiger partial charge on any atom is -0.332 e. The van der Waals surface area contributed by atoms with Crippen LogP contribution < -0.4 is 16.0 Å². The van der Waals surface area contributed by atoms with E-state index in [1.54, 1.807) is 36.4 Å². The fraction of sp³-hybridized carbons (Fsp3) is 0.0870. The van der Waals surface area contributed by atoms with Gasteiger partial charge in [-0.15, -0.1) is 0 Å². The van der Waals surface area contributed by atoms with E-state index in [4.69, 9.17) is 12.2 Å². The molecule has 0 aliphatic carbocycles. The van der Waals surface area contributed by atoms with E-state index >= 15 is 0 Å². The van der Waals surface area contributed by atoms with E-state index in [0.29, 0.717) is 16.8 Å². The lowest BCUT2D eigenvalue weighted by Crippen LogP contribution is -2.34. The van der Waals surface area contributed by atoms with Crippen LogP contribution in [0, 0.1) is 13.8 Å². The number of benzene rings is 3. The van der Waals surface area contributed by atoms with Crippen LogP contribution in [0.4, 0.5) is 11.4 Å². The summed E-state index contributed by atoms with van der Waals surface area (Å²) in [5.74, 6) is -0.440. The number of rotatable bonds is 4. The first kappa shape index (κ1) is 20.2. The number of carbonyl (C=O) groups excluding carboxylic acids is 2. The standard InChI is InChI=1S/C23H21N3O2S/c1-15-7-6-10-18(13-15)22(28)26-23(29)24-19-11-12-20(16(2)14-19)25-21(27)17-8-4-3-5-9-17/h3-14H,1-2H3,(H,25,27)(H2,24,26,28,29). The SMILES string of the molecule is Cc1cccc(C(=O)NC(=S)Nc2ccc(NC(=O)c3ccccc3)c(C)c2)c1.